The molecule has 2 rings (SSSR count). The number of carboxylic acids is 1. The fraction of sp³-hybridized carbons (Fsp3) is 0.900. The Labute approximate surface area is 83.2 Å². The third-order valence-corrected chi connectivity index (χ3v) is 3.25. The van der Waals surface area contributed by atoms with Crippen molar-refractivity contribution < 1.29 is 19.4 Å². The molecule has 4 heteroatoms. The molecular formula is C10H16O4. The van der Waals surface area contributed by atoms with E-state index in [-0.39, 0.29) is 11.5 Å². The summed E-state index contributed by atoms with van der Waals surface area (Å²) in [7, 11) is 0. The van der Waals surface area contributed by atoms with Crippen LogP contribution in [-0.4, -0.2) is 36.5 Å². The summed E-state index contributed by atoms with van der Waals surface area (Å²) in [5, 5.41) is 8.97. The van der Waals surface area contributed by atoms with Crippen molar-refractivity contribution in [2.24, 2.45) is 5.92 Å². The van der Waals surface area contributed by atoms with Gasteiger partial charge in [0.05, 0.1) is 11.5 Å². The molecule has 4 nitrogen and oxygen atoms in total. The molecule has 0 amide bonds. The minimum atomic E-state index is -0.681. The molecular weight excluding hydrogens is 184 g/mol. The maximum atomic E-state index is 10.9. The molecule has 0 aromatic carbocycles. The monoisotopic (exact) mass is 200 g/mol. The molecule has 80 valence electrons. The third kappa shape index (κ3) is 1.91. The lowest BCUT2D eigenvalue weighted by atomic mass is 9.81. The van der Waals surface area contributed by atoms with Gasteiger partial charge >= 0.3 is 5.97 Å². The number of ether oxygens (including phenoxy) is 2. The van der Waals surface area contributed by atoms with Crippen LogP contribution in [0.15, 0.2) is 0 Å². The molecule has 0 aromatic rings. The van der Waals surface area contributed by atoms with Crippen molar-refractivity contribution in [2.45, 2.75) is 31.3 Å². The highest BCUT2D eigenvalue weighted by Gasteiger charge is 2.41. The van der Waals surface area contributed by atoms with Crippen molar-refractivity contribution in [3.63, 3.8) is 0 Å². The van der Waals surface area contributed by atoms with Crippen LogP contribution in [-0.2, 0) is 14.3 Å². The van der Waals surface area contributed by atoms with E-state index in [0.717, 1.165) is 12.8 Å². The smallest absolute Gasteiger partial charge is 0.306 e. The Morgan fingerprint density at radius 2 is 2.00 bits per heavy atom. The highest BCUT2D eigenvalue weighted by molar-refractivity contribution is 5.70. The zero-order valence-electron chi connectivity index (χ0n) is 8.20. The molecule has 2 aliphatic heterocycles. The van der Waals surface area contributed by atoms with Crippen LogP contribution in [0.5, 0.6) is 0 Å². The standard InChI is InChI=1S/C10H16O4/c11-9(12)8-1-4-14-10(7-8)2-5-13-6-3-10/h8H,1-7H2,(H,11,12). The van der Waals surface area contributed by atoms with E-state index in [1.165, 1.54) is 0 Å². The average Bonchev–Trinajstić information content (AvgIpc) is 2.19. The van der Waals surface area contributed by atoms with Gasteiger partial charge in [-0.15, -0.1) is 0 Å². The van der Waals surface area contributed by atoms with Crippen LogP contribution in [0.3, 0.4) is 0 Å². The summed E-state index contributed by atoms with van der Waals surface area (Å²) in [4.78, 5) is 10.9. The molecule has 0 saturated carbocycles. The largest absolute Gasteiger partial charge is 0.481 e. The second-order valence-corrected chi connectivity index (χ2v) is 4.17. The Morgan fingerprint density at radius 3 is 2.64 bits per heavy atom. The van der Waals surface area contributed by atoms with Crippen LogP contribution in [0.2, 0.25) is 0 Å². The predicted octanol–water partition coefficient (Wildman–Crippen LogP) is 1.05. The quantitative estimate of drug-likeness (QED) is 0.687. The van der Waals surface area contributed by atoms with E-state index < -0.39 is 5.97 Å². The molecule has 0 aromatic heterocycles. The first-order valence-electron chi connectivity index (χ1n) is 5.16. The van der Waals surface area contributed by atoms with E-state index in [9.17, 15) is 4.79 Å². The van der Waals surface area contributed by atoms with Crippen LogP contribution in [0.4, 0.5) is 0 Å². The van der Waals surface area contributed by atoms with Crippen molar-refractivity contribution in [3.05, 3.63) is 0 Å². The molecule has 2 heterocycles. The fourth-order valence-corrected chi connectivity index (χ4v) is 2.33. The maximum absolute atomic E-state index is 10.9. The summed E-state index contributed by atoms with van der Waals surface area (Å²) >= 11 is 0. The molecule has 1 N–H and O–H groups in total. The van der Waals surface area contributed by atoms with Crippen molar-refractivity contribution in [1.82, 2.24) is 0 Å². The average molecular weight is 200 g/mol. The van der Waals surface area contributed by atoms with Crippen LogP contribution in [0, 0.1) is 5.92 Å². The molecule has 0 aliphatic carbocycles. The van der Waals surface area contributed by atoms with Gasteiger partial charge in [0.2, 0.25) is 0 Å². The first-order valence-corrected chi connectivity index (χ1v) is 5.16. The van der Waals surface area contributed by atoms with Gasteiger partial charge in [0.25, 0.3) is 0 Å². The van der Waals surface area contributed by atoms with Crippen LogP contribution in [0.1, 0.15) is 25.7 Å². The second-order valence-electron chi connectivity index (χ2n) is 4.17. The topological polar surface area (TPSA) is 55.8 Å². The summed E-state index contributed by atoms with van der Waals surface area (Å²) in [6.07, 6.45) is 3.00. The number of hydrogen-bond donors (Lipinski definition) is 1. The molecule has 14 heavy (non-hydrogen) atoms. The zero-order valence-corrected chi connectivity index (χ0v) is 8.20. The Hall–Kier alpha value is -0.610. The van der Waals surface area contributed by atoms with Gasteiger partial charge in [0.15, 0.2) is 0 Å². The van der Waals surface area contributed by atoms with Gasteiger partial charge in [0.1, 0.15) is 0 Å². The second kappa shape index (κ2) is 3.87. The lowest BCUT2D eigenvalue weighted by Gasteiger charge is -2.42. The van der Waals surface area contributed by atoms with E-state index in [0.29, 0.717) is 32.7 Å². The van der Waals surface area contributed by atoms with Gasteiger partial charge in [-0.25, -0.2) is 0 Å². The maximum Gasteiger partial charge on any atom is 0.306 e. The van der Waals surface area contributed by atoms with E-state index in [1.807, 2.05) is 0 Å². The summed E-state index contributed by atoms with van der Waals surface area (Å²) in [5.41, 5.74) is -0.195. The Bertz CT molecular complexity index is 215. The van der Waals surface area contributed by atoms with Crippen LogP contribution in [0.25, 0.3) is 0 Å². The fourth-order valence-electron chi connectivity index (χ4n) is 2.33. The molecule has 2 fully saturated rings. The summed E-state index contributed by atoms with van der Waals surface area (Å²) in [6, 6.07) is 0. The van der Waals surface area contributed by atoms with Crippen molar-refractivity contribution in [2.75, 3.05) is 19.8 Å². The minimum Gasteiger partial charge on any atom is -0.481 e. The Morgan fingerprint density at radius 1 is 1.29 bits per heavy atom. The molecule has 2 aliphatic rings. The molecule has 0 bridgehead atoms. The van der Waals surface area contributed by atoms with Crippen molar-refractivity contribution >= 4 is 5.97 Å². The zero-order chi connectivity index (χ0) is 10.0. The summed E-state index contributed by atoms with van der Waals surface area (Å²) < 4.78 is 11.0. The highest BCUT2D eigenvalue weighted by atomic mass is 16.5. The summed E-state index contributed by atoms with van der Waals surface area (Å²) in [5.74, 6) is -0.902. The van der Waals surface area contributed by atoms with E-state index >= 15 is 0 Å². The van der Waals surface area contributed by atoms with Crippen LogP contribution >= 0.6 is 0 Å². The molecule has 1 spiro atoms. The minimum absolute atomic E-state index is 0.195. The van der Waals surface area contributed by atoms with Crippen LogP contribution < -0.4 is 0 Å². The Kier molecular flexibility index (Phi) is 2.74. The van der Waals surface area contributed by atoms with Gasteiger partial charge < -0.3 is 14.6 Å². The normalized spacial score (nSPS) is 31.6. The van der Waals surface area contributed by atoms with Gasteiger partial charge in [-0.2, -0.15) is 0 Å². The van der Waals surface area contributed by atoms with Gasteiger partial charge in [-0.05, 0) is 25.7 Å². The lowest BCUT2D eigenvalue weighted by molar-refractivity contribution is -0.168. The number of carboxylic acid groups (broad SMARTS) is 1. The lowest BCUT2D eigenvalue weighted by Crippen LogP contribution is -2.45. The predicted molar refractivity (Wildman–Crippen MR) is 49.1 cm³/mol. The molecule has 2 saturated heterocycles. The van der Waals surface area contributed by atoms with E-state index in [4.69, 9.17) is 14.6 Å². The highest BCUT2D eigenvalue weighted by Crippen LogP contribution is 2.36. The van der Waals surface area contributed by atoms with E-state index in [2.05, 4.69) is 0 Å². The number of aliphatic carboxylic acids is 1. The SMILES string of the molecule is O=C(O)C1CCOC2(CCOCC2)C1. The van der Waals surface area contributed by atoms with Gasteiger partial charge in [-0.1, -0.05) is 0 Å². The summed E-state index contributed by atoms with van der Waals surface area (Å²) in [6.45, 7) is 1.98. The molecule has 1 atom stereocenters. The first-order chi connectivity index (χ1) is 6.72. The number of rotatable bonds is 1. The van der Waals surface area contributed by atoms with Gasteiger partial charge in [0, 0.05) is 19.8 Å². The molecule has 1 unspecified atom stereocenters. The van der Waals surface area contributed by atoms with Crippen molar-refractivity contribution in [3.8, 4) is 0 Å². The number of hydrogen-bond acceptors (Lipinski definition) is 3. The van der Waals surface area contributed by atoms with Gasteiger partial charge in [-0.3, -0.25) is 4.79 Å². The van der Waals surface area contributed by atoms with E-state index in [1.54, 1.807) is 0 Å². The number of carbonyl (C=O) groups is 1. The Balaban J connectivity index is 2.01. The third-order valence-electron chi connectivity index (χ3n) is 3.25. The first kappa shape index (κ1) is 9.93. The van der Waals surface area contributed by atoms with Crippen molar-refractivity contribution in [1.29, 1.82) is 0 Å². The molecule has 0 radical (unpaired) electrons.